The second-order valence-electron chi connectivity index (χ2n) is 25.0. The second-order valence-corrected chi connectivity index (χ2v) is 25.0. The van der Waals surface area contributed by atoms with Crippen LogP contribution in [0.5, 0.6) is 0 Å². The summed E-state index contributed by atoms with van der Waals surface area (Å²) in [7, 11) is 2.23. The van der Waals surface area contributed by atoms with Crippen LogP contribution in [0.25, 0.3) is 0 Å². The predicted molar refractivity (Wildman–Crippen MR) is 250 cm³/mol. The highest BCUT2D eigenvalue weighted by Gasteiger charge is 2.45. The number of likely N-dealkylation sites (tertiary alicyclic amines) is 2. The first-order valence-corrected chi connectivity index (χ1v) is 23.8. The van der Waals surface area contributed by atoms with Gasteiger partial charge in [-0.05, 0) is 235 Å². The number of nitrogens with one attached hydrogen (secondary N) is 4. The Hall–Kier alpha value is -0.240. The summed E-state index contributed by atoms with van der Waals surface area (Å²) in [5.41, 5.74) is 3.86. The number of rotatable bonds is 1. The molecule has 334 valence electrons. The van der Waals surface area contributed by atoms with Crippen LogP contribution in [0, 0.1) is 0 Å². The summed E-state index contributed by atoms with van der Waals surface area (Å²) in [5, 5.41) is 14.3. The molecule has 1 saturated carbocycles. The van der Waals surface area contributed by atoms with Crippen LogP contribution in [0.2, 0.25) is 0 Å². The van der Waals surface area contributed by atoms with Crippen LogP contribution in [0.4, 0.5) is 0 Å². The van der Waals surface area contributed by atoms with Gasteiger partial charge in [0.2, 0.25) is 0 Å². The Morgan fingerprint density at radius 3 is 1.02 bits per heavy atom. The van der Waals surface area contributed by atoms with Crippen LogP contribution in [0.1, 0.15) is 241 Å². The van der Waals surface area contributed by atoms with E-state index in [0.717, 1.165) is 18.1 Å². The van der Waals surface area contributed by atoms with Crippen LogP contribution in [0.3, 0.4) is 0 Å². The van der Waals surface area contributed by atoms with E-state index in [-0.39, 0.29) is 0 Å². The minimum atomic E-state index is 0.378. The first-order valence-electron chi connectivity index (χ1n) is 23.8. The van der Waals surface area contributed by atoms with Crippen LogP contribution in [-0.2, 0) is 0 Å². The smallest absolute Gasteiger partial charge is 0.0187 e. The molecular formula is C50H104N6. The predicted octanol–water partition coefficient (Wildman–Crippen LogP) is 12.0. The zero-order valence-electron chi connectivity index (χ0n) is 42.1. The van der Waals surface area contributed by atoms with E-state index in [1.54, 1.807) is 0 Å². The zero-order valence-corrected chi connectivity index (χ0v) is 42.1. The van der Waals surface area contributed by atoms with Crippen LogP contribution in [0.15, 0.2) is 0 Å². The molecule has 1 aliphatic carbocycles. The van der Waals surface area contributed by atoms with Gasteiger partial charge in [-0.15, -0.1) is 0 Å². The van der Waals surface area contributed by atoms with Crippen molar-refractivity contribution in [1.29, 1.82) is 0 Å². The zero-order chi connectivity index (χ0) is 43.2. The van der Waals surface area contributed by atoms with E-state index in [2.05, 4.69) is 177 Å². The summed E-state index contributed by atoms with van der Waals surface area (Å²) in [5.74, 6) is 0. The molecule has 56 heavy (non-hydrogen) atoms. The quantitative estimate of drug-likeness (QED) is 0.212. The molecule has 0 amide bonds. The van der Waals surface area contributed by atoms with Crippen LogP contribution in [-0.4, -0.2) is 91.4 Å². The van der Waals surface area contributed by atoms with Gasteiger partial charge in [0.25, 0.3) is 0 Å². The highest BCUT2D eigenvalue weighted by atomic mass is 15.3. The van der Waals surface area contributed by atoms with Crippen molar-refractivity contribution in [3.8, 4) is 0 Å². The van der Waals surface area contributed by atoms with E-state index in [0.29, 0.717) is 49.9 Å². The number of hydrogen-bond donors (Lipinski definition) is 4. The summed E-state index contributed by atoms with van der Waals surface area (Å²) in [6.45, 7) is 47.1. The molecule has 6 heteroatoms. The Morgan fingerprint density at radius 2 is 0.821 bits per heavy atom. The Morgan fingerprint density at radius 1 is 0.429 bits per heavy atom. The third-order valence-corrected chi connectivity index (χ3v) is 15.2. The minimum Gasteiger partial charge on any atom is -0.312 e. The van der Waals surface area contributed by atoms with E-state index in [9.17, 15) is 0 Å². The molecule has 6 nitrogen and oxygen atoms in total. The van der Waals surface area contributed by atoms with Gasteiger partial charge in [0.15, 0.2) is 0 Å². The fraction of sp³-hybridized carbons (Fsp3) is 1.00. The molecule has 3 atom stereocenters. The minimum absolute atomic E-state index is 0.378. The molecule has 7 fully saturated rings. The van der Waals surface area contributed by atoms with E-state index >= 15 is 0 Å². The topological polar surface area (TPSA) is 54.6 Å². The highest BCUT2D eigenvalue weighted by Crippen LogP contribution is 2.42. The van der Waals surface area contributed by atoms with Gasteiger partial charge >= 0.3 is 0 Å². The Kier molecular flexibility index (Phi) is 18.2. The molecule has 0 radical (unpaired) electrons. The van der Waals surface area contributed by atoms with Gasteiger partial charge in [-0.3, -0.25) is 9.80 Å². The van der Waals surface area contributed by atoms with Gasteiger partial charge in [-0.2, -0.15) is 0 Å². The lowest BCUT2D eigenvalue weighted by Crippen LogP contribution is -2.47. The van der Waals surface area contributed by atoms with Crippen molar-refractivity contribution in [3.05, 3.63) is 0 Å². The lowest BCUT2D eigenvalue weighted by Gasteiger charge is -2.39. The lowest BCUT2D eigenvalue weighted by atomic mass is 9.95. The Labute approximate surface area is 352 Å². The maximum Gasteiger partial charge on any atom is 0.0187 e. The number of nitrogens with zero attached hydrogens (tertiary/aromatic N) is 2. The molecule has 7 aliphatic rings. The summed E-state index contributed by atoms with van der Waals surface area (Å²) < 4.78 is 0. The average Bonchev–Trinajstić information content (AvgIpc) is 3.90. The second kappa shape index (κ2) is 19.6. The fourth-order valence-corrected chi connectivity index (χ4v) is 11.4. The summed E-state index contributed by atoms with van der Waals surface area (Å²) >= 11 is 0. The molecule has 0 aromatic rings. The van der Waals surface area contributed by atoms with Gasteiger partial charge in [-0.1, -0.05) is 19.8 Å². The lowest BCUT2D eigenvalue weighted by molar-refractivity contribution is 0.0866. The van der Waals surface area contributed by atoms with Crippen molar-refractivity contribution in [1.82, 2.24) is 31.1 Å². The maximum absolute atomic E-state index is 3.81. The van der Waals surface area contributed by atoms with E-state index in [4.69, 9.17) is 0 Å². The van der Waals surface area contributed by atoms with Gasteiger partial charge in [0.05, 0.1) is 0 Å². The van der Waals surface area contributed by atoms with Crippen molar-refractivity contribution in [3.63, 3.8) is 0 Å². The first-order chi connectivity index (χ1) is 25.2. The standard InChI is InChI=1S/C10H19N.C10H21N.C9H19N.C8H17N.C7H15N.C6H13N/c1-9(2)7-8-10(11-9)5-3-4-6-10;1-6-11-9(2,3)7-8-10(11,4)5;1-8(2)6-7-9(3,4)10(8)5;1-7(2)5-6-8(3,4)9-7;1-6-4-5-7(2,3)8-6;1-5-3-4-6(2)7-5/h11H,3-8H2,1-2H3;6-8H2,1-5H3;6-7H2,1-5H3;9H,5-6H2,1-4H3;6,8H,4-5H2,1-3H3;5-7H,3-4H2,1-2H3. The third kappa shape index (κ3) is 16.7. The Balaban J connectivity index is 0.000000234. The van der Waals surface area contributed by atoms with Gasteiger partial charge in [0.1, 0.15) is 0 Å². The van der Waals surface area contributed by atoms with Crippen molar-refractivity contribution >= 4 is 0 Å². The molecule has 3 unspecified atom stereocenters. The van der Waals surface area contributed by atoms with E-state index in [1.165, 1.54) is 109 Å². The van der Waals surface area contributed by atoms with Crippen LogP contribution >= 0.6 is 0 Å². The molecule has 1 spiro atoms. The molecule has 6 saturated heterocycles. The fourth-order valence-electron chi connectivity index (χ4n) is 11.4. The normalized spacial score (nSPS) is 33.1. The molecular weight excluding hydrogens is 685 g/mol. The maximum atomic E-state index is 3.81. The summed E-state index contributed by atoms with van der Waals surface area (Å²) in [6.07, 6.45) is 21.9. The van der Waals surface area contributed by atoms with Crippen molar-refractivity contribution < 1.29 is 0 Å². The molecule has 0 bridgehead atoms. The Bertz CT molecular complexity index is 1100. The summed E-state index contributed by atoms with van der Waals surface area (Å²) in [6, 6.07) is 2.29. The highest BCUT2D eigenvalue weighted by molar-refractivity contribution is 5.04. The van der Waals surface area contributed by atoms with Crippen molar-refractivity contribution in [2.75, 3.05) is 13.6 Å². The van der Waals surface area contributed by atoms with Gasteiger partial charge in [0, 0.05) is 68.0 Å². The van der Waals surface area contributed by atoms with E-state index in [1.807, 2.05) is 0 Å². The monoisotopic (exact) mass is 789 g/mol. The molecule has 6 aliphatic heterocycles. The molecule has 4 N–H and O–H groups in total. The molecule has 6 heterocycles. The summed E-state index contributed by atoms with van der Waals surface area (Å²) in [4.78, 5) is 5.10. The third-order valence-electron chi connectivity index (χ3n) is 15.2. The SMILES string of the molecule is CC1(C)CCC(C)(C)N1.CC1(C)CCC2(CCCC2)N1.CC1CCC(C)(C)N1.CC1CCC(C)N1.CCN1C(C)(C)CCC1(C)C.CN1C(C)(C)CCC1(C)C. The van der Waals surface area contributed by atoms with Crippen molar-refractivity contribution in [2.24, 2.45) is 0 Å². The van der Waals surface area contributed by atoms with Gasteiger partial charge < -0.3 is 21.3 Å². The van der Waals surface area contributed by atoms with Crippen molar-refractivity contribution in [2.45, 2.75) is 309 Å². The van der Waals surface area contributed by atoms with Crippen LogP contribution < -0.4 is 21.3 Å². The molecule has 7 rings (SSSR count). The largest absolute Gasteiger partial charge is 0.312 e. The van der Waals surface area contributed by atoms with Gasteiger partial charge in [-0.25, -0.2) is 0 Å². The first kappa shape index (κ1) is 51.9. The van der Waals surface area contributed by atoms with E-state index < -0.39 is 0 Å². The number of hydrogen-bond acceptors (Lipinski definition) is 6. The molecule has 0 aromatic heterocycles. The average molecular weight is 789 g/mol. The molecule has 0 aromatic carbocycles.